The van der Waals surface area contributed by atoms with E-state index in [0.717, 1.165) is 25.7 Å². The lowest BCUT2D eigenvalue weighted by molar-refractivity contribution is 0.250. The maximum atomic E-state index is 4.47. The number of hydrogen-bond donors (Lipinski definition) is 2. The van der Waals surface area contributed by atoms with Gasteiger partial charge in [0.2, 0.25) is 5.95 Å². The molecule has 2 aliphatic rings. The van der Waals surface area contributed by atoms with Gasteiger partial charge in [0.25, 0.3) is 0 Å². The van der Waals surface area contributed by atoms with Crippen LogP contribution in [0.2, 0.25) is 0 Å². The van der Waals surface area contributed by atoms with Gasteiger partial charge in [0, 0.05) is 56.2 Å². The summed E-state index contributed by atoms with van der Waals surface area (Å²) in [6, 6.07) is 11.7. The Hall–Kier alpha value is -1.98. The molecule has 2 fully saturated rings. The lowest BCUT2D eigenvalue weighted by Gasteiger charge is -2.23. The van der Waals surface area contributed by atoms with Crippen molar-refractivity contribution in [2.75, 3.05) is 18.4 Å². The number of hydrogen-bond acceptors (Lipinski definition) is 5. The number of fused-ring (bicyclic) bond motifs is 2. The first-order valence-electron chi connectivity index (χ1n) is 8.92. The van der Waals surface area contributed by atoms with Crippen LogP contribution >= 0.6 is 0 Å². The topological polar surface area (TPSA) is 53.1 Å². The summed E-state index contributed by atoms with van der Waals surface area (Å²) in [5.41, 5.74) is 2.43. The lowest BCUT2D eigenvalue weighted by atomic mass is 10.1. The molecule has 5 nitrogen and oxygen atoms in total. The highest BCUT2D eigenvalue weighted by molar-refractivity contribution is 5.27. The molecule has 24 heavy (non-hydrogen) atoms. The van der Waals surface area contributed by atoms with Gasteiger partial charge in [-0.2, -0.15) is 0 Å². The van der Waals surface area contributed by atoms with E-state index in [-0.39, 0.29) is 0 Å². The molecule has 0 saturated carbocycles. The molecule has 2 aromatic rings. The van der Waals surface area contributed by atoms with Crippen LogP contribution in [0.25, 0.3) is 0 Å². The van der Waals surface area contributed by atoms with Crippen LogP contribution in [0.15, 0.2) is 42.7 Å². The minimum atomic E-state index is 0.672. The summed E-state index contributed by atoms with van der Waals surface area (Å²) >= 11 is 0. The molecule has 1 aromatic carbocycles. The third kappa shape index (κ3) is 3.91. The van der Waals surface area contributed by atoms with Crippen LogP contribution in [0, 0.1) is 0 Å². The van der Waals surface area contributed by atoms with Crippen molar-refractivity contribution < 1.29 is 0 Å². The zero-order valence-corrected chi connectivity index (χ0v) is 14.0. The molecular weight excluding hydrogens is 298 g/mol. The van der Waals surface area contributed by atoms with E-state index in [1.807, 2.05) is 30.6 Å². The van der Waals surface area contributed by atoms with E-state index in [0.29, 0.717) is 12.0 Å². The van der Waals surface area contributed by atoms with Gasteiger partial charge in [0.1, 0.15) is 0 Å². The number of aromatic nitrogens is 2. The molecule has 126 valence electrons. The van der Waals surface area contributed by atoms with Gasteiger partial charge >= 0.3 is 0 Å². The SMILES string of the molecule is c1ccc(CNc2ncc(CN3CC[C@H]4CC[C@@H](C3)N4)cn2)cc1. The van der Waals surface area contributed by atoms with Crippen molar-refractivity contribution in [3.8, 4) is 0 Å². The predicted octanol–water partition coefficient (Wildman–Crippen LogP) is 2.42. The summed E-state index contributed by atoms with van der Waals surface area (Å²) in [4.78, 5) is 11.5. The molecule has 0 aliphatic carbocycles. The fourth-order valence-electron chi connectivity index (χ4n) is 3.72. The molecule has 0 spiro atoms. The molecule has 2 bridgehead atoms. The van der Waals surface area contributed by atoms with E-state index in [1.165, 1.54) is 36.9 Å². The second-order valence-corrected chi connectivity index (χ2v) is 6.92. The largest absolute Gasteiger partial charge is 0.350 e. The summed E-state index contributed by atoms with van der Waals surface area (Å²) in [5, 5.41) is 7.00. The Morgan fingerprint density at radius 1 is 1.00 bits per heavy atom. The normalized spacial score (nSPS) is 23.8. The van der Waals surface area contributed by atoms with Crippen LogP contribution in [-0.2, 0) is 13.1 Å². The van der Waals surface area contributed by atoms with Crippen LogP contribution in [0.4, 0.5) is 5.95 Å². The Kier molecular flexibility index (Phi) is 4.71. The minimum absolute atomic E-state index is 0.672. The fourth-order valence-corrected chi connectivity index (χ4v) is 3.72. The van der Waals surface area contributed by atoms with E-state index < -0.39 is 0 Å². The molecule has 0 unspecified atom stereocenters. The molecule has 2 atom stereocenters. The van der Waals surface area contributed by atoms with Crippen molar-refractivity contribution in [2.45, 2.75) is 44.4 Å². The number of nitrogens with one attached hydrogen (secondary N) is 2. The molecule has 3 heterocycles. The van der Waals surface area contributed by atoms with Crippen LogP contribution in [0.3, 0.4) is 0 Å². The molecular formula is C19H25N5. The van der Waals surface area contributed by atoms with Crippen LogP contribution in [-0.4, -0.2) is 40.0 Å². The monoisotopic (exact) mass is 323 g/mol. The predicted molar refractivity (Wildman–Crippen MR) is 95.6 cm³/mol. The van der Waals surface area contributed by atoms with Gasteiger partial charge in [-0.05, 0) is 24.8 Å². The Morgan fingerprint density at radius 3 is 2.62 bits per heavy atom. The molecule has 2 aliphatic heterocycles. The molecule has 0 radical (unpaired) electrons. The van der Waals surface area contributed by atoms with Crippen molar-refractivity contribution in [2.24, 2.45) is 0 Å². The summed E-state index contributed by atoms with van der Waals surface area (Å²) < 4.78 is 0. The van der Waals surface area contributed by atoms with Crippen molar-refractivity contribution >= 4 is 5.95 Å². The second kappa shape index (κ2) is 7.28. The zero-order chi connectivity index (χ0) is 16.2. The lowest BCUT2D eigenvalue weighted by Crippen LogP contribution is -2.35. The highest BCUT2D eigenvalue weighted by Gasteiger charge is 2.29. The Balaban J connectivity index is 1.30. The number of rotatable bonds is 5. The molecule has 5 heteroatoms. The molecule has 2 N–H and O–H groups in total. The van der Waals surface area contributed by atoms with E-state index in [4.69, 9.17) is 0 Å². The highest BCUT2D eigenvalue weighted by Crippen LogP contribution is 2.21. The molecule has 1 aromatic heterocycles. The van der Waals surface area contributed by atoms with Crippen LogP contribution in [0.1, 0.15) is 30.4 Å². The summed E-state index contributed by atoms with van der Waals surface area (Å²) in [7, 11) is 0. The third-order valence-corrected chi connectivity index (χ3v) is 5.01. The Morgan fingerprint density at radius 2 is 1.79 bits per heavy atom. The summed E-state index contributed by atoms with van der Waals surface area (Å²) in [6.07, 6.45) is 7.84. The fraction of sp³-hybridized carbons (Fsp3) is 0.474. The molecule has 4 rings (SSSR count). The van der Waals surface area contributed by atoms with Crippen molar-refractivity contribution in [3.63, 3.8) is 0 Å². The van der Waals surface area contributed by atoms with Gasteiger partial charge in [0.15, 0.2) is 0 Å². The van der Waals surface area contributed by atoms with Gasteiger partial charge in [-0.25, -0.2) is 9.97 Å². The van der Waals surface area contributed by atoms with Gasteiger partial charge < -0.3 is 10.6 Å². The Labute approximate surface area is 143 Å². The van der Waals surface area contributed by atoms with Crippen LogP contribution in [0.5, 0.6) is 0 Å². The summed E-state index contributed by atoms with van der Waals surface area (Å²) in [6.45, 7) is 4.01. The second-order valence-electron chi connectivity index (χ2n) is 6.92. The maximum absolute atomic E-state index is 4.47. The Bertz CT molecular complexity index is 643. The summed E-state index contributed by atoms with van der Waals surface area (Å²) in [5.74, 6) is 0.694. The number of anilines is 1. The first kappa shape index (κ1) is 15.5. The standard InChI is InChI=1S/C19H25N5/c1-2-4-15(5-3-1)10-20-19-21-11-16(12-22-19)13-24-9-8-17-6-7-18(14-24)23-17/h1-5,11-12,17-18,23H,6-10,13-14H2,(H,20,21,22)/t17-,18+/m1/s1. The van der Waals surface area contributed by atoms with Crippen molar-refractivity contribution in [1.82, 2.24) is 20.2 Å². The van der Waals surface area contributed by atoms with Gasteiger partial charge in [-0.3, -0.25) is 4.90 Å². The van der Waals surface area contributed by atoms with Gasteiger partial charge in [-0.15, -0.1) is 0 Å². The average Bonchev–Trinajstić information content (AvgIpc) is 2.97. The number of benzene rings is 1. The first-order valence-corrected chi connectivity index (χ1v) is 8.92. The van der Waals surface area contributed by atoms with Crippen molar-refractivity contribution in [3.05, 3.63) is 53.9 Å². The van der Waals surface area contributed by atoms with Gasteiger partial charge in [-0.1, -0.05) is 30.3 Å². The van der Waals surface area contributed by atoms with Crippen LogP contribution < -0.4 is 10.6 Å². The molecule has 0 amide bonds. The molecule has 2 saturated heterocycles. The maximum Gasteiger partial charge on any atom is 0.222 e. The van der Waals surface area contributed by atoms with E-state index in [1.54, 1.807) is 0 Å². The average molecular weight is 323 g/mol. The van der Waals surface area contributed by atoms with E-state index >= 15 is 0 Å². The zero-order valence-electron chi connectivity index (χ0n) is 14.0. The van der Waals surface area contributed by atoms with E-state index in [2.05, 4.69) is 37.6 Å². The highest BCUT2D eigenvalue weighted by atomic mass is 15.2. The number of likely N-dealkylation sites (tertiary alicyclic amines) is 1. The minimum Gasteiger partial charge on any atom is -0.350 e. The third-order valence-electron chi connectivity index (χ3n) is 5.01. The van der Waals surface area contributed by atoms with E-state index in [9.17, 15) is 0 Å². The number of nitrogens with zero attached hydrogens (tertiary/aromatic N) is 3. The van der Waals surface area contributed by atoms with Crippen molar-refractivity contribution in [1.29, 1.82) is 0 Å². The van der Waals surface area contributed by atoms with Gasteiger partial charge in [0.05, 0.1) is 0 Å². The smallest absolute Gasteiger partial charge is 0.222 e. The first-order chi connectivity index (χ1) is 11.8. The quantitative estimate of drug-likeness (QED) is 0.885.